The summed E-state index contributed by atoms with van der Waals surface area (Å²) in [5.74, 6) is 0.784. The third-order valence-corrected chi connectivity index (χ3v) is 5.31. The summed E-state index contributed by atoms with van der Waals surface area (Å²) in [5, 5.41) is 0. The molecule has 5 nitrogen and oxygen atoms in total. The summed E-state index contributed by atoms with van der Waals surface area (Å²) >= 11 is 0. The predicted molar refractivity (Wildman–Crippen MR) is 109 cm³/mol. The molecule has 0 bridgehead atoms. The molecule has 2 aliphatic rings. The summed E-state index contributed by atoms with van der Waals surface area (Å²) in [6.07, 6.45) is 11.9. The largest absolute Gasteiger partial charge is 0.444 e. The standard InChI is InChI=1S/C15H30N2O2.C6H13N/c1-12-6-8-13(9-7-12)17(11-5-10-16)14(18)19-15(2,3)4;7-6-4-2-1-3-5-6/h12-13H,5-11,16H2,1-4H3;6H,1-5,7H2. The Balaban J connectivity index is 0.000000401. The number of rotatable bonds is 4. The first-order chi connectivity index (χ1) is 12.2. The highest BCUT2D eigenvalue weighted by molar-refractivity contribution is 5.68. The minimum Gasteiger partial charge on any atom is -0.444 e. The van der Waals surface area contributed by atoms with Crippen LogP contribution in [0.1, 0.15) is 91.9 Å². The molecule has 1 amide bonds. The van der Waals surface area contributed by atoms with Crippen molar-refractivity contribution in [1.29, 1.82) is 0 Å². The quantitative estimate of drug-likeness (QED) is 0.768. The van der Waals surface area contributed by atoms with E-state index < -0.39 is 5.60 Å². The molecule has 0 radical (unpaired) electrons. The Bertz CT molecular complexity index is 381. The SMILES string of the molecule is CC1CCC(N(CCCN)C(=O)OC(C)(C)C)CC1.NC1CCCCC1. The van der Waals surface area contributed by atoms with Crippen molar-refractivity contribution in [1.82, 2.24) is 4.90 Å². The van der Waals surface area contributed by atoms with E-state index in [4.69, 9.17) is 16.2 Å². The van der Waals surface area contributed by atoms with Crippen LogP contribution >= 0.6 is 0 Å². The van der Waals surface area contributed by atoms with Gasteiger partial charge in [-0.2, -0.15) is 0 Å². The van der Waals surface area contributed by atoms with Crippen molar-refractivity contribution >= 4 is 6.09 Å². The highest BCUT2D eigenvalue weighted by Gasteiger charge is 2.30. The Kier molecular flexibility index (Phi) is 10.6. The number of nitrogens with two attached hydrogens (primary N) is 2. The third-order valence-electron chi connectivity index (χ3n) is 5.31. The normalized spacial score (nSPS) is 24.4. The Morgan fingerprint density at radius 3 is 2.04 bits per heavy atom. The molecule has 2 fully saturated rings. The second-order valence-corrected chi connectivity index (χ2v) is 9.13. The van der Waals surface area contributed by atoms with Crippen LogP contribution in [-0.4, -0.2) is 41.8 Å². The van der Waals surface area contributed by atoms with Gasteiger partial charge in [0.25, 0.3) is 0 Å². The lowest BCUT2D eigenvalue weighted by molar-refractivity contribution is 0.0105. The number of hydrogen-bond acceptors (Lipinski definition) is 4. The number of carbonyl (C=O) groups is 1. The molecule has 0 atom stereocenters. The summed E-state index contributed by atoms with van der Waals surface area (Å²) in [4.78, 5) is 14.2. The summed E-state index contributed by atoms with van der Waals surface area (Å²) in [7, 11) is 0. The van der Waals surface area contributed by atoms with Gasteiger partial charge in [-0.1, -0.05) is 26.2 Å². The van der Waals surface area contributed by atoms with E-state index in [2.05, 4.69) is 6.92 Å². The van der Waals surface area contributed by atoms with Gasteiger partial charge in [0.15, 0.2) is 0 Å². The van der Waals surface area contributed by atoms with E-state index in [0.717, 1.165) is 25.2 Å². The van der Waals surface area contributed by atoms with Crippen molar-refractivity contribution in [3.8, 4) is 0 Å². The molecule has 154 valence electrons. The number of nitrogens with zero attached hydrogens (tertiary/aromatic N) is 1. The average Bonchev–Trinajstić information content (AvgIpc) is 2.56. The van der Waals surface area contributed by atoms with E-state index in [1.165, 1.54) is 44.9 Å². The van der Waals surface area contributed by atoms with E-state index in [1.54, 1.807) is 0 Å². The van der Waals surface area contributed by atoms with Crippen LogP contribution in [0.4, 0.5) is 4.79 Å². The summed E-state index contributed by atoms with van der Waals surface area (Å²) < 4.78 is 5.52. The molecule has 0 aliphatic heterocycles. The number of carbonyl (C=O) groups excluding carboxylic acids is 1. The van der Waals surface area contributed by atoms with E-state index >= 15 is 0 Å². The maximum atomic E-state index is 12.3. The zero-order valence-corrected chi connectivity index (χ0v) is 17.6. The van der Waals surface area contributed by atoms with Gasteiger partial charge < -0.3 is 21.1 Å². The van der Waals surface area contributed by atoms with Gasteiger partial charge in [0.1, 0.15) is 5.60 Å². The van der Waals surface area contributed by atoms with Crippen molar-refractivity contribution in [2.45, 2.75) is 110 Å². The van der Waals surface area contributed by atoms with E-state index in [9.17, 15) is 4.79 Å². The number of hydrogen-bond donors (Lipinski definition) is 2. The van der Waals surface area contributed by atoms with E-state index in [0.29, 0.717) is 25.2 Å². The van der Waals surface area contributed by atoms with Gasteiger partial charge in [-0.25, -0.2) is 4.79 Å². The van der Waals surface area contributed by atoms with Crippen LogP contribution in [0.5, 0.6) is 0 Å². The van der Waals surface area contributed by atoms with Gasteiger partial charge >= 0.3 is 6.09 Å². The van der Waals surface area contributed by atoms with Crippen LogP contribution in [0, 0.1) is 5.92 Å². The molecule has 4 N–H and O–H groups in total. The molecule has 2 aliphatic carbocycles. The fourth-order valence-corrected chi connectivity index (χ4v) is 3.69. The van der Waals surface area contributed by atoms with E-state index in [1.807, 2.05) is 25.7 Å². The summed E-state index contributed by atoms with van der Waals surface area (Å²) in [6, 6.07) is 0.867. The van der Waals surface area contributed by atoms with Gasteiger partial charge in [0.05, 0.1) is 0 Å². The van der Waals surface area contributed by atoms with Crippen LogP contribution < -0.4 is 11.5 Å². The Morgan fingerprint density at radius 1 is 1.04 bits per heavy atom. The Labute approximate surface area is 161 Å². The molecule has 2 saturated carbocycles. The molecule has 2 rings (SSSR count). The number of ether oxygens (including phenoxy) is 1. The first-order valence-corrected chi connectivity index (χ1v) is 10.7. The van der Waals surface area contributed by atoms with Crippen molar-refractivity contribution in [2.75, 3.05) is 13.1 Å². The average molecular weight is 370 g/mol. The predicted octanol–water partition coefficient (Wildman–Crippen LogP) is 4.43. The molecule has 26 heavy (non-hydrogen) atoms. The van der Waals surface area contributed by atoms with Crippen LogP contribution in [0.15, 0.2) is 0 Å². The van der Waals surface area contributed by atoms with Crippen molar-refractivity contribution in [3.63, 3.8) is 0 Å². The molecule has 0 aromatic heterocycles. The second-order valence-electron chi connectivity index (χ2n) is 9.13. The minimum atomic E-state index is -0.431. The lowest BCUT2D eigenvalue weighted by Crippen LogP contribution is -2.45. The molecule has 0 unspecified atom stereocenters. The molecule has 0 saturated heterocycles. The van der Waals surface area contributed by atoms with Gasteiger partial charge in [-0.3, -0.25) is 0 Å². The van der Waals surface area contributed by atoms with Crippen molar-refractivity contribution < 1.29 is 9.53 Å². The third kappa shape index (κ3) is 9.77. The van der Waals surface area contributed by atoms with Crippen LogP contribution in [-0.2, 0) is 4.74 Å². The fourth-order valence-electron chi connectivity index (χ4n) is 3.69. The smallest absolute Gasteiger partial charge is 0.410 e. The molecule has 0 aromatic carbocycles. The molecule has 5 heteroatoms. The highest BCUT2D eigenvalue weighted by Crippen LogP contribution is 2.28. The molecule has 0 spiro atoms. The van der Waals surface area contributed by atoms with Gasteiger partial charge in [0, 0.05) is 18.6 Å². The van der Waals surface area contributed by atoms with Crippen LogP contribution in [0.3, 0.4) is 0 Å². The molecule has 0 heterocycles. The zero-order chi connectivity index (χ0) is 19.6. The lowest BCUT2D eigenvalue weighted by atomic mass is 9.86. The Morgan fingerprint density at radius 2 is 1.62 bits per heavy atom. The maximum absolute atomic E-state index is 12.3. The van der Waals surface area contributed by atoms with Gasteiger partial charge in [-0.15, -0.1) is 0 Å². The Hall–Kier alpha value is -0.810. The monoisotopic (exact) mass is 369 g/mol. The van der Waals surface area contributed by atoms with Crippen LogP contribution in [0.25, 0.3) is 0 Å². The molecular weight excluding hydrogens is 326 g/mol. The summed E-state index contributed by atoms with van der Waals surface area (Å²) in [5.41, 5.74) is 10.8. The number of amides is 1. The fraction of sp³-hybridized carbons (Fsp3) is 0.952. The first kappa shape index (κ1) is 23.2. The first-order valence-electron chi connectivity index (χ1n) is 10.7. The minimum absolute atomic E-state index is 0.180. The van der Waals surface area contributed by atoms with Crippen molar-refractivity contribution in [3.05, 3.63) is 0 Å². The topological polar surface area (TPSA) is 81.6 Å². The van der Waals surface area contributed by atoms with Gasteiger partial charge in [0.2, 0.25) is 0 Å². The van der Waals surface area contributed by atoms with E-state index in [-0.39, 0.29) is 6.09 Å². The second kappa shape index (κ2) is 11.8. The molecular formula is C21H43N3O2. The van der Waals surface area contributed by atoms with Crippen molar-refractivity contribution in [2.24, 2.45) is 17.4 Å². The summed E-state index contributed by atoms with van der Waals surface area (Å²) in [6.45, 7) is 9.35. The van der Waals surface area contributed by atoms with Gasteiger partial charge in [-0.05, 0) is 78.2 Å². The highest BCUT2D eigenvalue weighted by atomic mass is 16.6. The lowest BCUT2D eigenvalue weighted by Gasteiger charge is -2.37. The maximum Gasteiger partial charge on any atom is 0.410 e. The zero-order valence-electron chi connectivity index (χ0n) is 17.6. The van der Waals surface area contributed by atoms with Crippen LogP contribution in [0.2, 0.25) is 0 Å². The molecule has 0 aromatic rings.